The molecular formula is C11H9NO3. The van der Waals surface area contributed by atoms with Crippen molar-refractivity contribution in [3.63, 3.8) is 0 Å². The first-order valence-electron chi connectivity index (χ1n) is 4.16. The molecule has 0 saturated carbocycles. The highest BCUT2D eigenvalue weighted by Crippen LogP contribution is 2.18. The summed E-state index contributed by atoms with van der Waals surface area (Å²) in [6.07, 6.45) is 2.35. The maximum Gasteiger partial charge on any atom is 0.328 e. The van der Waals surface area contributed by atoms with Crippen molar-refractivity contribution >= 4 is 12.0 Å². The molecule has 1 aromatic rings. The fourth-order valence-electron chi connectivity index (χ4n) is 1.07. The monoisotopic (exact) mass is 203 g/mol. The van der Waals surface area contributed by atoms with Gasteiger partial charge in [-0.25, -0.2) is 4.79 Å². The molecule has 4 heteroatoms. The summed E-state index contributed by atoms with van der Waals surface area (Å²) < 4.78 is 4.97. The van der Waals surface area contributed by atoms with Gasteiger partial charge in [0.2, 0.25) is 0 Å². The van der Waals surface area contributed by atoms with Gasteiger partial charge in [0.15, 0.2) is 0 Å². The lowest BCUT2D eigenvalue weighted by Crippen LogP contribution is -1.89. The minimum Gasteiger partial charge on any atom is -0.497 e. The topological polar surface area (TPSA) is 70.3 Å². The molecule has 0 aliphatic carbocycles. The standard InChI is InChI=1S/C11H9NO3/c1-15-10-4-2-9(7-12)8(6-10)3-5-11(13)14/h2-6H,1H3,(H,13,14)/b5-3-. The minimum atomic E-state index is -1.05. The molecule has 0 unspecified atom stereocenters. The van der Waals surface area contributed by atoms with Crippen LogP contribution in [0.1, 0.15) is 11.1 Å². The summed E-state index contributed by atoms with van der Waals surface area (Å²) in [6, 6.07) is 6.81. The van der Waals surface area contributed by atoms with Gasteiger partial charge in [0.25, 0.3) is 0 Å². The van der Waals surface area contributed by atoms with Crippen LogP contribution in [0.4, 0.5) is 0 Å². The lowest BCUT2D eigenvalue weighted by Gasteiger charge is -2.02. The summed E-state index contributed by atoms with van der Waals surface area (Å²) in [4.78, 5) is 10.3. The molecule has 0 atom stereocenters. The van der Waals surface area contributed by atoms with E-state index in [1.54, 1.807) is 18.2 Å². The van der Waals surface area contributed by atoms with E-state index in [-0.39, 0.29) is 0 Å². The SMILES string of the molecule is COc1ccc(C#N)c(/C=C\C(=O)O)c1. The van der Waals surface area contributed by atoms with Crippen LogP contribution in [0.2, 0.25) is 0 Å². The van der Waals surface area contributed by atoms with Crippen molar-refractivity contribution in [2.24, 2.45) is 0 Å². The quantitative estimate of drug-likeness (QED) is 0.758. The Morgan fingerprint density at radius 3 is 2.87 bits per heavy atom. The molecular weight excluding hydrogens is 194 g/mol. The van der Waals surface area contributed by atoms with Crippen LogP contribution in [0.5, 0.6) is 5.75 Å². The van der Waals surface area contributed by atoms with Crippen molar-refractivity contribution in [3.8, 4) is 11.8 Å². The highest BCUT2D eigenvalue weighted by molar-refractivity contribution is 5.86. The van der Waals surface area contributed by atoms with E-state index in [4.69, 9.17) is 15.1 Å². The zero-order chi connectivity index (χ0) is 11.3. The van der Waals surface area contributed by atoms with E-state index in [2.05, 4.69) is 0 Å². The number of hydrogen-bond donors (Lipinski definition) is 1. The molecule has 0 heterocycles. The number of carbonyl (C=O) groups is 1. The molecule has 0 amide bonds. The maximum atomic E-state index is 10.3. The van der Waals surface area contributed by atoms with E-state index in [0.717, 1.165) is 6.08 Å². The third-order valence-corrected chi connectivity index (χ3v) is 1.78. The van der Waals surface area contributed by atoms with Crippen molar-refractivity contribution in [3.05, 3.63) is 35.4 Å². The van der Waals surface area contributed by atoms with Crippen LogP contribution >= 0.6 is 0 Å². The van der Waals surface area contributed by atoms with Gasteiger partial charge in [-0.1, -0.05) is 0 Å². The second kappa shape index (κ2) is 4.82. The maximum absolute atomic E-state index is 10.3. The van der Waals surface area contributed by atoms with E-state index in [0.29, 0.717) is 16.9 Å². The number of rotatable bonds is 3. The van der Waals surface area contributed by atoms with Crippen LogP contribution in [-0.2, 0) is 4.79 Å². The molecule has 0 radical (unpaired) electrons. The Kier molecular flexibility index (Phi) is 3.47. The van der Waals surface area contributed by atoms with Gasteiger partial charge in [0.1, 0.15) is 5.75 Å². The van der Waals surface area contributed by atoms with Crippen molar-refractivity contribution in [1.82, 2.24) is 0 Å². The molecule has 0 bridgehead atoms. The lowest BCUT2D eigenvalue weighted by atomic mass is 10.1. The van der Waals surface area contributed by atoms with Crippen molar-refractivity contribution in [1.29, 1.82) is 5.26 Å². The Bertz CT molecular complexity index is 444. The Hall–Kier alpha value is -2.28. The summed E-state index contributed by atoms with van der Waals surface area (Å²) >= 11 is 0. The molecule has 0 fully saturated rings. The molecule has 76 valence electrons. The van der Waals surface area contributed by atoms with Gasteiger partial charge in [-0.2, -0.15) is 5.26 Å². The average Bonchev–Trinajstić information content (AvgIpc) is 2.25. The molecule has 0 aromatic heterocycles. The fourth-order valence-corrected chi connectivity index (χ4v) is 1.07. The number of nitrogens with zero attached hydrogens (tertiary/aromatic N) is 1. The minimum absolute atomic E-state index is 0.410. The second-order valence-corrected chi connectivity index (χ2v) is 2.74. The van der Waals surface area contributed by atoms with Crippen LogP contribution < -0.4 is 4.74 Å². The van der Waals surface area contributed by atoms with E-state index < -0.39 is 5.97 Å². The summed E-state index contributed by atoms with van der Waals surface area (Å²) in [5.74, 6) is -0.472. The zero-order valence-corrected chi connectivity index (χ0v) is 8.10. The predicted molar refractivity (Wildman–Crippen MR) is 54.4 cm³/mol. The number of hydrogen-bond acceptors (Lipinski definition) is 3. The lowest BCUT2D eigenvalue weighted by molar-refractivity contribution is -0.131. The summed E-state index contributed by atoms with van der Waals surface area (Å²) in [5, 5.41) is 17.2. The van der Waals surface area contributed by atoms with Gasteiger partial charge in [-0.3, -0.25) is 0 Å². The van der Waals surface area contributed by atoms with E-state index in [9.17, 15) is 4.79 Å². The molecule has 1 rings (SSSR count). The average molecular weight is 203 g/mol. The Balaban J connectivity index is 3.13. The molecule has 1 aromatic carbocycles. The first-order valence-corrected chi connectivity index (χ1v) is 4.16. The van der Waals surface area contributed by atoms with Crippen LogP contribution in [0.3, 0.4) is 0 Å². The van der Waals surface area contributed by atoms with Crippen LogP contribution in [0.25, 0.3) is 6.08 Å². The van der Waals surface area contributed by atoms with Gasteiger partial charge in [-0.15, -0.1) is 0 Å². The molecule has 15 heavy (non-hydrogen) atoms. The van der Waals surface area contributed by atoms with Crippen LogP contribution in [-0.4, -0.2) is 18.2 Å². The van der Waals surface area contributed by atoms with E-state index in [1.165, 1.54) is 13.2 Å². The molecule has 1 N–H and O–H groups in total. The van der Waals surface area contributed by atoms with Gasteiger partial charge in [0, 0.05) is 6.08 Å². The molecule has 0 aliphatic heterocycles. The number of nitriles is 1. The second-order valence-electron chi connectivity index (χ2n) is 2.74. The van der Waals surface area contributed by atoms with E-state index in [1.807, 2.05) is 6.07 Å². The third-order valence-electron chi connectivity index (χ3n) is 1.78. The number of aliphatic carboxylic acids is 1. The highest BCUT2D eigenvalue weighted by Gasteiger charge is 2.01. The Morgan fingerprint density at radius 1 is 1.60 bits per heavy atom. The highest BCUT2D eigenvalue weighted by atomic mass is 16.5. The van der Waals surface area contributed by atoms with Crippen molar-refractivity contribution in [2.45, 2.75) is 0 Å². The molecule has 0 spiro atoms. The normalized spacial score (nSPS) is 9.87. The Labute approximate surface area is 87.0 Å². The van der Waals surface area contributed by atoms with Gasteiger partial charge < -0.3 is 9.84 Å². The smallest absolute Gasteiger partial charge is 0.328 e. The summed E-state index contributed by atoms with van der Waals surface area (Å²) in [6.45, 7) is 0. The first-order chi connectivity index (χ1) is 7.17. The van der Waals surface area contributed by atoms with E-state index >= 15 is 0 Å². The number of carboxylic acid groups (broad SMARTS) is 1. The molecule has 0 saturated heterocycles. The van der Waals surface area contributed by atoms with Gasteiger partial charge in [0.05, 0.1) is 18.7 Å². The fraction of sp³-hybridized carbons (Fsp3) is 0.0909. The number of benzene rings is 1. The summed E-state index contributed by atoms with van der Waals surface area (Å²) in [5.41, 5.74) is 0.938. The van der Waals surface area contributed by atoms with Gasteiger partial charge in [-0.05, 0) is 29.8 Å². The van der Waals surface area contributed by atoms with Crippen LogP contribution in [0.15, 0.2) is 24.3 Å². The number of methoxy groups -OCH3 is 1. The largest absolute Gasteiger partial charge is 0.497 e. The first kappa shape index (κ1) is 10.8. The summed E-state index contributed by atoms with van der Waals surface area (Å²) in [7, 11) is 1.51. The van der Waals surface area contributed by atoms with Crippen molar-refractivity contribution < 1.29 is 14.6 Å². The third kappa shape index (κ3) is 2.85. The predicted octanol–water partition coefficient (Wildman–Crippen LogP) is 1.66. The number of ether oxygens (including phenoxy) is 1. The van der Waals surface area contributed by atoms with Crippen molar-refractivity contribution in [2.75, 3.05) is 7.11 Å². The zero-order valence-electron chi connectivity index (χ0n) is 8.10. The van der Waals surface area contributed by atoms with Gasteiger partial charge >= 0.3 is 5.97 Å². The number of carboxylic acids is 1. The molecule has 0 aliphatic rings. The molecule has 4 nitrogen and oxygen atoms in total. The van der Waals surface area contributed by atoms with Crippen LogP contribution in [0, 0.1) is 11.3 Å². The Morgan fingerprint density at radius 2 is 2.33 bits per heavy atom.